The number of hydrogen-bond acceptors (Lipinski definition) is 6. The second-order valence-electron chi connectivity index (χ2n) is 4.59. The lowest BCUT2D eigenvalue weighted by atomic mass is 10.2. The number of aromatic hydroxyl groups is 1. The summed E-state index contributed by atoms with van der Waals surface area (Å²) >= 11 is 0. The molecule has 11 heteroatoms. The van der Waals surface area contributed by atoms with Gasteiger partial charge in [-0.2, -0.15) is 0 Å². The highest BCUT2D eigenvalue weighted by Gasteiger charge is 2.24. The molecule has 0 radical (unpaired) electrons. The number of hydrogen-bond donors (Lipinski definition) is 4. The molecule has 0 unspecified atom stereocenters. The van der Waals surface area contributed by atoms with Crippen LogP contribution in [-0.4, -0.2) is 24.5 Å². The Bertz CT molecular complexity index is 898. The third-order valence-corrected chi connectivity index (χ3v) is 3.76. The summed E-state index contributed by atoms with van der Waals surface area (Å²) in [6, 6.07) is 8.82. The molecule has 0 fully saturated rings. The molecule has 0 aliphatic heterocycles. The van der Waals surface area contributed by atoms with Crippen LogP contribution in [0.1, 0.15) is 0 Å². The molecule has 10 nitrogen and oxygen atoms in total. The molecule has 126 valence electrons. The van der Waals surface area contributed by atoms with Gasteiger partial charge < -0.3 is 15.7 Å². The standard InChI is InChI=1S/C13H12N4O6S/c14-24(22,23)9-6-10(12(18)11(7-9)17(20)21)16-13(19)15-8-4-2-1-3-5-8/h1-7,18H,(H2,14,22,23)(H2,15,16,19). The normalized spacial score (nSPS) is 10.9. The topological polar surface area (TPSA) is 165 Å². The Kier molecular flexibility index (Phi) is 4.66. The number of urea groups is 1. The number of nitro benzene ring substituents is 1. The number of nitrogens with two attached hydrogens (primary N) is 1. The maximum Gasteiger partial charge on any atom is 0.323 e. The Morgan fingerprint density at radius 2 is 1.79 bits per heavy atom. The van der Waals surface area contributed by atoms with E-state index in [4.69, 9.17) is 5.14 Å². The van der Waals surface area contributed by atoms with Gasteiger partial charge in [-0.25, -0.2) is 18.4 Å². The summed E-state index contributed by atoms with van der Waals surface area (Å²) in [6.07, 6.45) is 0. The van der Waals surface area contributed by atoms with E-state index in [0.29, 0.717) is 11.8 Å². The number of nitro groups is 1. The summed E-state index contributed by atoms with van der Waals surface area (Å²) in [5, 5.41) is 30.2. The molecule has 0 aromatic heterocycles. The predicted molar refractivity (Wildman–Crippen MR) is 85.2 cm³/mol. The number of nitrogens with zero attached hydrogens (tertiary/aromatic N) is 1. The number of carbonyl (C=O) groups is 1. The molecule has 0 heterocycles. The van der Waals surface area contributed by atoms with Crippen molar-refractivity contribution < 1.29 is 23.2 Å². The molecule has 0 bridgehead atoms. The Hall–Kier alpha value is -3.18. The summed E-state index contributed by atoms with van der Waals surface area (Å²) < 4.78 is 22.8. The van der Waals surface area contributed by atoms with Gasteiger partial charge in [0, 0.05) is 11.8 Å². The van der Waals surface area contributed by atoms with Gasteiger partial charge in [-0.15, -0.1) is 0 Å². The van der Waals surface area contributed by atoms with Gasteiger partial charge in [-0.3, -0.25) is 10.1 Å². The molecule has 24 heavy (non-hydrogen) atoms. The number of carbonyl (C=O) groups excluding carboxylic acids is 1. The van der Waals surface area contributed by atoms with Gasteiger partial charge >= 0.3 is 11.7 Å². The molecule has 2 rings (SSSR count). The summed E-state index contributed by atoms with van der Waals surface area (Å²) in [4.78, 5) is 21.2. The first-order chi connectivity index (χ1) is 11.2. The molecule has 0 atom stereocenters. The number of para-hydroxylation sites is 1. The lowest BCUT2D eigenvalue weighted by Gasteiger charge is -2.10. The third kappa shape index (κ3) is 3.97. The smallest absolute Gasteiger partial charge is 0.323 e. The van der Waals surface area contributed by atoms with E-state index in [1.807, 2.05) is 0 Å². The lowest BCUT2D eigenvalue weighted by Crippen LogP contribution is -2.20. The van der Waals surface area contributed by atoms with Gasteiger partial charge in [0.2, 0.25) is 15.8 Å². The van der Waals surface area contributed by atoms with Crippen LogP contribution >= 0.6 is 0 Å². The quantitative estimate of drug-likeness (QED) is 0.370. The summed E-state index contributed by atoms with van der Waals surface area (Å²) in [5.74, 6) is -0.893. The van der Waals surface area contributed by atoms with Gasteiger partial charge in [-0.05, 0) is 18.2 Å². The number of anilines is 2. The Morgan fingerprint density at radius 3 is 2.33 bits per heavy atom. The average molecular weight is 352 g/mol. The van der Waals surface area contributed by atoms with Gasteiger partial charge in [0.25, 0.3) is 0 Å². The largest absolute Gasteiger partial charge is 0.501 e. The minimum atomic E-state index is -4.28. The monoisotopic (exact) mass is 352 g/mol. The van der Waals surface area contributed by atoms with Crippen LogP contribution in [0.4, 0.5) is 21.9 Å². The number of phenols is 1. The highest BCUT2D eigenvalue weighted by molar-refractivity contribution is 7.89. The molecule has 0 aliphatic rings. The van der Waals surface area contributed by atoms with E-state index >= 15 is 0 Å². The molecular formula is C13H12N4O6S. The molecule has 0 saturated heterocycles. The Balaban J connectivity index is 2.37. The molecule has 0 aliphatic carbocycles. The van der Waals surface area contributed by atoms with Crippen LogP contribution in [0.25, 0.3) is 0 Å². The van der Waals surface area contributed by atoms with Crippen LogP contribution < -0.4 is 15.8 Å². The van der Waals surface area contributed by atoms with Crippen LogP contribution in [0.3, 0.4) is 0 Å². The number of rotatable bonds is 4. The molecule has 0 spiro atoms. The zero-order valence-electron chi connectivity index (χ0n) is 12.0. The van der Waals surface area contributed by atoms with E-state index in [2.05, 4.69) is 10.6 Å². The van der Waals surface area contributed by atoms with Crippen LogP contribution in [0.15, 0.2) is 47.4 Å². The van der Waals surface area contributed by atoms with Gasteiger partial charge in [0.15, 0.2) is 0 Å². The first kappa shape index (κ1) is 17.2. The molecule has 2 aromatic rings. The fraction of sp³-hybridized carbons (Fsp3) is 0. The minimum Gasteiger partial charge on any atom is -0.501 e. The third-order valence-electron chi connectivity index (χ3n) is 2.87. The Labute approximate surface area is 136 Å². The highest BCUT2D eigenvalue weighted by atomic mass is 32.2. The number of benzene rings is 2. The lowest BCUT2D eigenvalue weighted by molar-refractivity contribution is -0.386. The first-order valence-corrected chi connectivity index (χ1v) is 7.90. The average Bonchev–Trinajstić information content (AvgIpc) is 2.48. The molecular weight excluding hydrogens is 340 g/mol. The van der Waals surface area contributed by atoms with Crippen molar-refractivity contribution in [1.29, 1.82) is 0 Å². The van der Waals surface area contributed by atoms with E-state index < -0.39 is 43.0 Å². The molecule has 2 amide bonds. The predicted octanol–water partition coefficient (Wildman–Crippen LogP) is 1.59. The van der Waals surface area contributed by atoms with E-state index in [1.54, 1.807) is 30.3 Å². The Morgan fingerprint density at radius 1 is 1.17 bits per heavy atom. The van der Waals surface area contributed by atoms with Crippen LogP contribution in [0.5, 0.6) is 5.75 Å². The van der Waals surface area contributed by atoms with E-state index in [1.165, 1.54) is 0 Å². The zero-order chi connectivity index (χ0) is 17.9. The van der Waals surface area contributed by atoms with Crippen molar-refractivity contribution in [3.63, 3.8) is 0 Å². The summed E-state index contributed by atoms with van der Waals surface area (Å²) in [7, 11) is -4.28. The second-order valence-corrected chi connectivity index (χ2v) is 6.15. The maximum absolute atomic E-state index is 11.9. The van der Waals surface area contributed by atoms with Crippen molar-refractivity contribution in [2.45, 2.75) is 4.90 Å². The number of phenolic OH excluding ortho intramolecular Hbond substituents is 1. The van der Waals surface area contributed by atoms with E-state index in [-0.39, 0.29) is 0 Å². The van der Waals surface area contributed by atoms with Crippen molar-refractivity contribution in [3.8, 4) is 5.75 Å². The van der Waals surface area contributed by atoms with Gasteiger partial charge in [-0.1, -0.05) is 18.2 Å². The van der Waals surface area contributed by atoms with Crippen molar-refractivity contribution >= 4 is 33.1 Å². The SMILES string of the molecule is NS(=O)(=O)c1cc(NC(=O)Nc2ccccc2)c(O)c([N+](=O)[O-])c1. The maximum atomic E-state index is 11.9. The first-order valence-electron chi connectivity index (χ1n) is 6.36. The van der Waals surface area contributed by atoms with E-state index in [9.17, 15) is 28.4 Å². The highest BCUT2D eigenvalue weighted by Crippen LogP contribution is 2.36. The fourth-order valence-electron chi connectivity index (χ4n) is 1.80. The van der Waals surface area contributed by atoms with Crippen LogP contribution in [-0.2, 0) is 10.0 Å². The molecule has 5 N–H and O–H groups in total. The van der Waals surface area contributed by atoms with Crippen molar-refractivity contribution in [1.82, 2.24) is 0 Å². The van der Waals surface area contributed by atoms with Crippen molar-refractivity contribution in [3.05, 3.63) is 52.6 Å². The van der Waals surface area contributed by atoms with Crippen molar-refractivity contribution in [2.75, 3.05) is 10.6 Å². The number of nitrogens with one attached hydrogen (secondary N) is 2. The molecule has 2 aromatic carbocycles. The van der Waals surface area contributed by atoms with Crippen molar-refractivity contribution in [2.24, 2.45) is 5.14 Å². The number of amides is 2. The van der Waals surface area contributed by atoms with Gasteiger partial charge in [0.1, 0.15) is 0 Å². The fourth-order valence-corrected chi connectivity index (χ4v) is 2.36. The number of primary sulfonamides is 1. The second kappa shape index (κ2) is 6.52. The van der Waals surface area contributed by atoms with E-state index in [0.717, 1.165) is 6.07 Å². The van der Waals surface area contributed by atoms with Gasteiger partial charge in [0.05, 0.1) is 15.5 Å². The molecule has 0 saturated carbocycles. The summed E-state index contributed by atoms with van der Waals surface area (Å²) in [6.45, 7) is 0. The summed E-state index contributed by atoms with van der Waals surface area (Å²) in [5.41, 5.74) is -0.954. The van der Waals surface area contributed by atoms with Crippen LogP contribution in [0.2, 0.25) is 0 Å². The minimum absolute atomic E-state index is 0.423. The zero-order valence-corrected chi connectivity index (χ0v) is 12.8. The number of sulfonamides is 1. The van der Waals surface area contributed by atoms with Crippen LogP contribution in [0, 0.1) is 10.1 Å².